The van der Waals surface area contributed by atoms with Gasteiger partial charge in [-0.25, -0.2) is 0 Å². The number of hydrogen-bond donors (Lipinski definition) is 1. The number of rotatable bonds is 2. The van der Waals surface area contributed by atoms with E-state index in [9.17, 15) is 4.79 Å². The van der Waals surface area contributed by atoms with Crippen LogP contribution in [0, 0.1) is 0 Å². The van der Waals surface area contributed by atoms with Gasteiger partial charge in [0, 0.05) is 17.3 Å². The molecular weight excluding hydrogens is 199 g/mol. The van der Waals surface area contributed by atoms with Crippen molar-refractivity contribution in [1.82, 2.24) is 9.47 Å². The van der Waals surface area contributed by atoms with Gasteiger partial charge in [-0.3, -0.25) is 4.79 Å². The van der Waals surface area contributed by atoms with Crippen molar-refractivity contribution in [2.75, 3.05) is 0 Å². The van der Waals surface area contributed by atoms with Gasteiger partial charge in [0.1, 0.15) is 0 Å². The van der Waals surface area contributed by atoms with Gasteiger partial charge in [0.05, 0.1) is 0 Å². The molecule has 0 aliphatic rings. The minimum Gasteiger partial charge on any atom is -0.266 e. The smallest absolute Gasteiger partial charge is 0.266 e. The number of carbonyl (C=O) groups excluding carboxylic acids is 1. The molecule has 0 heterocycles. The van der Waals surface area contributed by atoms with E-state index in [1.807, 2.05) is 11.0 Å². The van der Waals surface area contributed by atoms with Crippen LogP contribution in [-0.4, -0.2) is 10.4 Å². The summed E-state index contributed by atoms with van der Waals surface area (Å²) in [7, 11) is 0. The van der Waals surface area contributed by atoms with E-state index in [1.54, 1.807) is 24.3 Å². The third kappa shape index (κ3) is 2.11. The number of nitrogens with zero attached hydrogens (tertiary/aromatic N) is 1. The standard InChI is InChI=1S/C7H6Cl2N2O/c8-10-11(9)7(12)6-4-2-1-3-5-6/h1-5,10H. The molecule has 1 aromatic rings. The van der Waals surface area contributed by atoms with Crippen LogP contribution in [0.15, 0.2) is 30.3 Å². The molecule has 1 rings (SSSR count). The molecule has 1 aromatic carbocycles. The van der Waals surface area contributed by atoms with E-state index in [2.05, 4.69) is 0 Å². The van der Waals surface area contributed by atoms with Crippen LogP contribution in [0.3, 0.4) is 0 Å². The molecule has 1 amide bonds. The van der Waals surface area contributed by atoms with Crippen LogP contribution >= 0.6 is 23.6 Å². The quantitative estimate of drug-likeness (QED) is 0.591. The highest BCUT2D eigenvalue weighted by Gasteiger charge is 2.11. The van der Waals surface area contributed by atoms with Crippen LogP contribution in [0.25, 0.3) is 0 Å². The van der Waals surface area contributed by atoms with Gasteiger partial charge in [0.2, 0.25) is 0 Å². The van der Waals surface area contributed by atoms with Crippen molar-refractivity contribution in [2.45, 2.75) is 0 Å². The molecule has 12 heavy (non-hydrogen) atoms. The minimum atomic E-state index is -0.396. The fourth-order valence-corrected chi connectivity index (χ4v) is 0.907. The maximum atomic E-state index is 11.2. The summed E-state index contributed by atoms with van der Waals surface area (Å²) in [5.74, 6) is -0.396. The summed E-state index contributed by atoms with van der Waals surface area (Å²) in [5.41, 5.74) is 0.473. The van der Waals surface area contributed by atoms with E-state index in [0.29, 0.717) is 10.1 Å². The van der Waals surface area contributed by atoms with Crippen molar-refractivity contribution in [3.63, 3.8) is 0 Å². The minimum absolute atomic E-state index is 0.396. The normalized spacial score (nSPS) is 9.50. The number of nitrogens with one attached hydrogen (secondary N) is 1. The number of hydrazine groups is 1. The summed E-state index contributed by atoms with van der Waals surface area (Å²) in [4.78, 5) is 13.2. The molecule has 64 valence electrons. The first-order valence-electron chi connectivity index (χ1n) is 3.17. The van der Waals surface area contributed by atoms with Crippen molar-refractivity contribution >= 4 is 29.5 Å². The molecule has 0 aromatic heterocycles. The Hall–Kier alpha value is -0.770. The Bertz CT molecular complexity index is 265. The van der Waals surface area contributed by atoms with Gasteiger partial charge >= 0.3 is 0 Å². The Morgan fingerprint density at radius 3 is 2.42 bits per heavy atom. The summed E-state index contributed by atoms with van der Waals surface area (Å²) >= 11 is 10.5. The molecular formula is C7H6Cl2N2O. The zero-order valence-electron chi connectivity index (χ0n) is 6.00. The molecule has 3 nitrogen and oxygen atoms in total. The highest BCUT2D eigenvalue weighted by atomic mass is 35.5. The van der Waals surface area contributed by atoms with E-state index in [4.69, 9.17) is 23.6 Å². The second kappa shape index (κ2) is 4.30. The Kier molecular flexibility index (Phi) is 3.34. The first-order chi connectivity index (χ1) is 5.75. The van der Waals surface area contributed by atoms with Gasteiger partial charge in [-0.1, -0.05) is 18.2 Å². The van der Waals surface area contributed by atoms with Crippen molar-refractivity contribution < 1.29 is 4.79 Å². The summed E-state index contributed by atoms with van der Waals surface area (Å²) in [5, 5.41) is 0. The second-order valence-corrected chi connectivity index (χ2v) is 2.54. The Morgan fingerprint density at radius 1 is 1.33 bits per heavy atom. The van der Waals surface area contributed by atoms with E-state index in [-0.39, 0.29) is 0 Å². The Balaban J connectivity index is 2.79. The number of hydrogen-bond acceptors (Lipinski definition) is 2. The van der Waals surface area contributed by atoms with Crippen LogP contribution in [0.1, 0.15) is 10.4 Å². The van der Waals surface area contributed by atoms with Crippen molar-refractivity contribution in [2.24, 2.45) is 0 Å². The summed E-state index contributed by atoms with van der Waals surface area (Å²) in [6.45, 7) is 0. The van der Waals surface area contributed by atoms with Crippen molar-refractivity contribution in [3.05, 3.63) is 35.9 Å². The first kappa shape index (κ1) is 9.32. The molecule has 0 bridgehead atoms. The summed E-state index contributed by atoms with van der Waals surface area (Å²) in [6, 6.07) is 8.58. The Labute approximate surface area is 80.1 Å². The molecule has 0 saturated carbocycles. The second-order valence-electron chi connectivity index (χ2n) is 2.04. The van der Waals surface area contributed by atoms with Gasteiger partial charge in [0.15, 0.2) is 0 Å². The number of carbonyl (C=O) groups is 1. The molecule has 0 aliphatic heterocycles. The number of benzene rings is 1. The van der Waals surface area contributed by atoms with Crippen LogP contribution in [0.5, 0.6) is 0 Å². The van der Waals surface area contributed by atoms with E-state index >= 15 is 0 Å². The first-order valence-corrected chi connectivity index (χ1v) is 3.89. The highest BCUT2D eigenvalue weighted by Crippen LogP contribution is 2.04. The zero-order valence-corrected chi connectivity index (χ0v) is 7.51. The predicted molar refractivity (Wildman–Crippen MR) is 47.5 cm³/mol. The lowest BCUT2D eigenvalue weighted by atomic mass is 10.2. The lowest BCUT2D eigenvalue weighted by Crippen LogP contribution is -2.28. The average Bonchev–Trinajstić information content (AvgIpc) is 2.17. The van der Waals surface area contributed by atoms with Gasteiger partial charge in [-0.05, 0) is 23.9 Å². The monoisotopic (exact) mass is 204 g/mol. The fourth-order valence-electron chi connectivity index (χ4n) is 0.732. The van der Waals surface area contributed by atoms with Crippen LogP contribution < -0.4 is 4.94 Å². The van der Waals surface area contributed by atoms with E-state index in [1.165, 1.54) is 0 Å². The molecule has 0 fully saturated rings. The predicted octanol–water partition coefficient (Wildman–Crippen LogP) is 1.94. The SMILES string of the molecule is O=C(c1ccccc1)N(Cl)NCl. The fraction of sp³-hybridized carbons (Fsp3) is 0. The van der Waals surface area contributed by atoms with Crippen LogP contribution in [-0.2, 0) is 0 Å². The summed E-state index contributed by atoms with van der Waals surface area (Å²) < 4.78 is 0.677. The zero-order chi connectivity index (χ0) is 8.97. The number of halogens is 2. The molecule has 0 atom stereocenters. The largest absolute Gasteiger partial charge is 0.284 e. The van der Waals surface area contributed by atoms with E-state index in [0.717, 1.165) is 0 Å². The molecule has 1 N–H and O–H groups in total. The van der Waals surface area contributed by atoms with Gasteiger partial charge in [-0.2, -0.15) is 4.53 Å². The average molecular weight is 205 g/mol. The van der Waals surface area contributed by atoms with Gasteiger partial charge in [-0.15, -0.1) is 4.94 Å². The van der Waals surface area contributed by atoms with Gasteiger partial charge in [0.25, 0.3) is 5.91 Å². The highest BCUT2D eigenvalue weighted by molar-refractivity contribution is 6.27. The molecule has 0 aliphatic carbocycles. The van der Waals surface area contributed by atoms with Crippen molar-refractivity contribution in [1.29, 1.82) is 0 Å². The third-order valence-corrected chi connectivity index (χ3v) is 1.77. The van der Waals surface area contributed by atoms with Crippen molar-refractivity contribution in [3.8, 4) is 0 Å². The maximum absolute atomic E-state index is 11.2. The van der Waals surface area contributed by atoms with E-state index < -0.39 is 5.91 Å². The summed E-state index contributed by atoms with van der Waals surface area (Å²) in [6.07, 6.45) is 0. The van der Waals surface area contributed by atoms with Gasteiger partial charge < -0.3 is 0 Å². The van der Waals surface area contributed by atoms with Crippen LogP contribution in [0.2, 0.25) is 0 Å². The molecule has 0 radical (unpaired) electrons. The molecule has 0 saturated heterocycles. The Morgan fingerprint density at radius 2 is 1.92 bits per heavy atom. The maximum Gasteiger partial charge on any atom is 0.284 e. The molecule has 5 heteroatoms. The molecule has 0 spiro atoms. The molecule has 0 unspecified atom stereocenters. The lowest BCUT2D eigenvalue weighted by molar-refractivity contribution is 0.0845. The van der Waals surface area contributed by atoms with Crippen LogP contribution in [0.4, 0.5) is 0 Å². The topological polar surface area (TPSA) is 32.3 Å². The lowest BCUT2D eigenvalue weighted by Gasteiger charge is -2.08. The number of amides is 1. The third-order valence-electron chi connectivity index (χ3n) is 1.27.